The summed E-state index contributed by atoms with van der Waals surface area (Å²) in [7, 11) is -0.250. The molecule has 1 aromatic rings. The molecular formula is C14H21BO2. The zero-order chi connectivity index (χ0) is 12.8. The van der Waals surface area contributed by atoms with E-state index in [1.165, 1.54) is 11.1 Å². The third-order valence-corrected chi connectivity index (χ3v) is 4.15. The molecule has 17 heavy (non-hydrogen) atoms. The molecule has 0 radical (unpaired) electrons. The van der Waals surface area contributed by atoms with Crippen LogP contribution < -0.4 is 5.46 Å². The van der Waals surface area contributed by atoms with Crippen molar-refractivity contribution in [3.63, 3.8) is 0 Å². The van der Waals surface area contributed by atoms with Crippen molar-refractivity contribution in [3.8, 4) is 0 Å². The Hall–Kier alpha value is -0.795. The van der Waals surface area contributed by atoms with E-state index in [4.69, 9.17) is 9.31 Å². The van der Waals surface area contributed by atoms with Gasteiger partial charge < -0.3 is 9.31 Å². The molecule has 0 N–H and O–H groups in total. The average Bonchev–Trinajstić information content (AvgIpc) is 2.40. The summed E-state index contributed by atoms with van der Waals surface area (Å²) in [4.78, 5) is 0. The van der Waals surface area contributed by atoms with Crippen LogP contribution in [-0.2, 0) is 9.31 Å². The van der Waals surface area contributed by atoms with Crippen LogP contribution in [0.4, 0.5) is 0 Å². The Kier molecular flexibility index (Phi) is 2.87. The van der Waals surface area contributed by atoms with Gasteiger partial charge in [0.25, 0.3) is 0 Å². The highest BCUT2D eigenvalue weighted by molar-refractivity contribution is 6.62. The highest BCUT2D eigenvalue weighted by atomic mass is 16.7. The number of hydrogen-bond acceptors (Lipinski definition) is 2. The molecular weight excluding hydrogens is 211 g/mol. The van der Waals surface area contributed by atoms with E-state index in [9.17, 15) is 0 Å². The largest absolute Gasteiger partial charge is 0.495 e. The van der Waals surface area contributed by atoms with Crippen molar-refractivity contribution in [1.82, 2.24) is 0 Å². The molecule has 3 heteroatoms. The average molecular weight is 232 g/mol. The first-order chi connectivity index (χ1) is 7.74. The van der Waals surface area contributed by atoms with Gasteiger partial charge in [0.15, 0.2) is 0 Å². The van der Waals surface area contributed by atoms with Gasteiger partial charge in [0.2, 0.25) is 0 Å². The van der Waals surface area contributed by atoms with Crippen molar-refractivity contribution in [3.05, 3.63) is 29.3 Å². The van der Waals surface area contributed by atoms with Crippen LogP contribution in [-0.4, -0.2) is 18.3 Å². The molecule has 0 atom stereocenters. The maximum absolute atomic E-state index is 6.06. The van der Waals surface area contributed by atoms with Gasteiger partial charge in [-0.3, -0.25) is 0 Å². The molecule has 0 aliphatic carbocycles. The molecule has 1 aliphatic heterocycles. The molecule has 1 saturated heterocycles. The molecule has 0 spiro atoms. The Bertz CT molecular complexity index is 422. The molecule has 0 aromatic heterocycles. The van der Waals surface area contributed by atoms with Crippen LogP contribution in [0.2, 0.25) is 0 Å². The normalized spacial score (nSPS) is 21.9. The maximum atomic E-state index is 6.06. The molecule has 0 saturated carbocycles. The Morgan fingerprint density at radius 1 is 0.941 bits per heavy atom. The van der Waals surface area contributed by atoms with E-state index in [2.05, 4.69) is 59.7 Å². The summed E-state index contributed by atoms with van der Waals surface area (Å²) in [6, 6.07) is 6.26. The lowest BCUT2D eigenvalue weighted by Crippen LogP contribution is -2.41. The van der Waals surface area contributed by atoms with Crippen molar-refractivity contribution in [1.29, 1.82) is 0 Å². The first-order valence-electron chi connectivity index (χ1n) is 6.16. The molecule has 0 amide bonds. The van der Waals surface area contributed by atoms with E-state index in [1.54, 1.807) is 0 Å². The quantitative estimate of drug-likeness (QED) is 0.693. The van der Waals surface area contributed by atoms with Crippen molar-refractivity contribution in [2.75, 3.05) is 0 Å². The summed E-state index contributed by atoms with van der Waals surface area (Å²) in [6.45, 7) is 12.6. The Balaban J connectivity index is 2.36. The van der Waals surface area contributed by atoms with Crippen molar-refractivity contribution < 1.29 is 9.31 Å². The van der Waals surface area contributed by atoms with Crippen molar-refractivity contribution in [2.45, 2.75) is 52.7 Å². The predicted molar refractivity (Wildman–Crippen MR) is 71.6 cm³/mol. The fraction of sp³-hybridized carbons (Fsp3) is 0.571. The lowest BCUT2D eigenvalue weighted by Gasteiger charge is -2.32. The second kappa shape index (κ2) is 3.86. The van der Waals surface area contributed by atoms with Crippen LogP contribution in [0, 0.1) is 13.8 Å². The van der Waals surface area contributed by atoms with Crippen LogP contribution in [0.5, 0.6) is 0 Å². The SMILES string of the molecule is Cc1cccc(B2OC(C)(C)C(C)(C)O2)c1C. The monoisotopic (exact) mass is 232 g/mol. The van der Waals surface area contributed by atoms with E-state index in [1.807, 2.05) is 0 Å². The molecule has 0 bridgehead atoms. The van der Waals surface area contributed by atoms with Crippen LogP contribution in [0.15, 0.2) is 18.2 Å². The van der Waals surface area contributed by atoms with E-state index in [0.29, 0.717) is 0 Å². The lowest BCUT2D eigenvalue weighted by atomic mass is 9.75. The molecule has 1 heterocycles. The van der Waals surface area contributed by atoms with Crippen molar-refractivity contribution >= 4 is 12.6 Å². The molecule has 1 aromatic carbocycles. The van der Waals surface area contributed by atoms with Gasteiger partial charge in [0, 0.05) is 0 Å². The van der Waals surface area contributed by atoms with Gasteiger partial charge in [0.05, 0.1) is 11.2 Å². The van der Waals surface area contributed by atoms with Crippen molar-refractivity contribution in [2.24, 2.45) is 0 Å². The predicted octanol–water partition coefficient (Wildman–Crippen LogP) is 2.60. The number of rotatable bonds is 1. The summed E-state index contributed by atoms with van der Waals surface area (Å²) in [5.41, 5.74) is 3.13. The van der Waals surface area contributed by atoms with Crippen LogP contribution >= 0.6 is 0 Å². The van der Waals surface area contributed by atoms with Gasteiger partial charge in [-0.25, -0.2) is 0 Å². The van der Waals surface area contributed by atoms with E-state index in [0.717, 1.165) is 5.46 Å². The van der Waals surface area contributed by atoms with Crippen LogP contribution in [0.25, 0.3) is 0 Å². The third kappa shape index (κ3) is 2.02. The summed E-state index contributed by atoms with van der Waals surface area (Å²) in [5.74, 6) is 0. The fourth-order valence-corrected chi connectivity index (χ4v) is 2.00. The zero-order valence-electron chi connectivity index (χ0n) is 11.6. The van der Waals surface area contributed by atoms with E-state index >= 15 is 0 Å². The maximum Gasteiger partial charge on any atom is 0.495 e. The fourth-order valence-electron chi connectivity index (χ4n) is 2.00. The van der Waals surface area contributed by atoms with Gasteiger partial charge >= 0.3 is 7.12 Å². The van der Waals surface area contributed by atoms with Crippen LogP contribution in [0.1, 0.15) is 38.8 Å². The minimum absolute atomic E-state index is 0.250. The summed E-state index contributed by atoms with van der Waals surface area (Å²) >= 11 is 0. The summed E-state index contributed by atoms with van der Waals surface area (Å²) in [6.07, 6.45) is 0. The standard InChI is InChI=1S/C14H21BO2/c1-10-8-7-9-12(11(10)2)15-16-13(3,4)14(5,6)17-15/h7-9H,1-6H3. The first-order valence-corrected chi connectivity index (χ1v) is 6.16. The zero-order valence-corrected chi connectivity index (χ0v) is 11.6. The smallest absolute Gasteiger partial charge is 0.399 e. The Morgan fingerprint density at radius 2 is 1.47 bits per heavy atom. The first kappa shape index (κ1) is 12.7. The topological polar surface area (TPSA) is 18.5 Å². The van der Waals surface area contributed by atoms with Gasteiger partial charge in [0.1, 0.15) is 0 Å². The minimum atomic E-state index is -0.270. The number of aryl methyl sites for hydroxylation is 1. The summed E-state index contributed by atoms with van der Waals surface area (Å²) < 4.78 is 12.1. The lowest BCUT2D eigenvalue weighted by molar-refractivity contribution is 0.00578. The Labute approximate surface area is 104 Å². The Morgan fingerprint density at radius 3 is 2.00 bits per heavy atom. The van der Waals surface area contributed by atoms with Gasteiger partial charge in [-0.15, -0.1) is 0 Å². The molecule has 92 valence electrons. The molecule has 2 rings (SSSR count). The summed E-state index contributed by atoms with van der Waals surface area (Å²) in [5, 5.41) is 0. The number of benzene rings is 1. The van der Waals surface area contributed by atoms with Gasteiger partial charge in [-0.1, -0.05) is 18.2 Å². The highest BCUT2D eigenvalue weighted by Crippen LogP contribution is 2.36. The second-order valence-electron chi connectivity index (χ2n) is 5.88. The van der Waals surface area contributed by atoms with E-state index < -0.39 is 0 Å². The minimum Gasteiger partial charge on any atom is -0.399 e. The van der Waals surface area contributed by atoms with E-state index in [-0.39, 0.29) is 18.3 Å². The molecule has 2 nitrogen and oxygen atoms in total. The number of hydrogen-bond donors (Lipinski definition) is 0. The molecule has 1 aliphatic rings. The van der Waals surface area contributed by atoms with Gasteiger partial charge in [-0.2, -0.15) is 0 Å². The molecule has 0 unspecified atom stereocenters. The highest BCUT2D eigenvalue weighted by Gasteiger charge is 2.52. The molecule has 1 fully saturated rings. The van der Waals surface area contributed by atoms with Gasteiger partial charge in [-0.05, 0) is 58.1 Å². The third-order valence-electron chi connectivity index (χ3n) is 4.15. The second-order valence-corrected chi connectivity index (χ2v) is 5.88. The van der Waals surface area contributed by atoms with Crippen LogP contribution in [0.3, 0.4) is 0 Å².